The second-order valence-electron chi connectivity index (χ2n) is 8.76. The third-order valence-electron chi connectivity index (χ3n) is 6.06. The van der Waals surface area contributed by atoms with E-state index in [9.17, 15) is 0 Å². The van der Waals surface area contributed by atoms with Gasteiger partial charge in [-0.25, -0.2) is 18.6 Å². The predicted octanol–water partition coefficient (Wildman–Crippen LogP) is 5.22. The summed E-state index contributed by atoms with van der Waals surface area (Å²) in [6.45, 7) is 0. The summed E-state index contributed by atoms with van der Waals surface area (Å²) in [7, 11) is -4.94. The molecule has 0 radical (unpaired) electrons. The Labute approximate surface area is 243 Å². The monoisotopic (exact) mass is 582 g/mol. The minimum atomic E-state index is -4.94. The second kappa shape index (κ2) is 12.7. The van der Waals surface area contributed by atoms with Gasteiger partial charge in [0.15, 0.2) is 0 Å². The van der Waals surface area contributed by atoms with Crippen molar-refractivity contribution in [2.24, 2.45) is 0 Å². The Morgan fingerprint density at radius 1 is 0.575 bits per heavy atom. The van der Waals surface area contributed by atoms with E-state index in [4.69, 9.17) is 18.6 Å². The van der Waals surface area contributed by atoms with Crippen molar-refractivity contribution < 1.29 is 28.9 Å². The maximum Gasteiger partial charge on any atom is 0.239 e. The van der Waals surface area contributed by atoms with Gasteiger partial charge < -0.3 is 0 Å². The summed E-state index contributed by atoms with van der Waals surface area (Å²) < 4.78 is 34.0. The minimum absolute atomic E-state index is 1.20. The van der Waals surface area contributed by atoms with Crippen molar-refractivity contribution in [1.82, 2.24) is 0 Å². The Kier molecular flexibility index (Phi) is 8.89. The normalized spacial score (nSPS) is 12.2. The first-order valence-electron chi connectivity index (χ1n) is 12.3. The van der Waals surface area contributed by atoms with Crippen molar-refractivity contribution in [3.05, 3.63) is 150 Å². The zero-order chi connectivity index (χ0) is 28.0. The van der Waals surface area contributed by atoms with Crippen LogP contribution in [0.3, 0.4) is 0 Å². The number of hydrogen-bond donors (Lipinski definition) is 0. The van der Waals surface area contributed by atoms with Crippen LogP contribution in [-0.2, 0) is 0 Å². The van der Waals surface area contributed by atoms with Crippen LogP contribution in [0.25, 0.3) is 32.5 Å². The van der Waals surface area contributed by atoms with E-state index >= 15 is 0 Å². The van der Waals surface area contributed by atoms with E-state index in [2.05, 4.69) is 140 Å². The molecule has 0 amide bonds. The zero-order valence-electron chi connectivity index (χ0n) is 21.1. The lowest BCUT2D eigenvalue weighted by Crippen LogP contribution is -2.68. The molecule has 0 atom stereocenters. The molecular weight excluding hydrogens is 560 g/mol. The molecule has 1 aromatic heterocycles. The van der Waals surface area contributed by atoms with Gasteiger partial charge in [0, 0.05) is 33.1 Å². The maximum absolute atomic E-state index is 8.49. The molecule has 2 heterocycles. The number of hydrogen-bond acceptors (Lipinski definition) is 5. The lowest BCUT2D eigenvalue weighted by molar-refractivity contribution is -2.00. The van der Waals surface area contributed by atoms with E-state index in [1.165, 1.54) is 52.9 Å². The fraction of sp³-hybridized carbons (Fsp3) is 0. The quantitative estimate of drug-likeness (QED) is 0.266. The van der Waals surface area contributed by atoms with E-state index in [0.717, 1.165) is 0 Å². The average Bonchev–Trinajstić information content (AvgIpc) is 2.97. The van der Waals surface area contributed by atoms with Crippen LogP contribution < -0.4 is 18.6 Å². The van der Waals surface area contributed by atoms with E-state index in [1.54, 1.807) is 0 Å². The van der Waals surface area contributed by atoms with Crippen molar-refractivity contribution in [1.29, 1.82) is 0 Å². The van der Waals surface area contributed by atoms with Gasteiger partial charge in [0.05, 0.1) is 0 Å². The average molecular weight is 583 g/mol. The Morgan fingerprint density at radius 2 is 1.00 bits per heavy atom. The van der Waals surface area contributed by atoms with Gasteiger partial charge in [0.2, 0.25) is 21.1 Å². The summed E-state index contributed by atoms with van der Waals surface area (Å²) in [5, 5.41) is 0. The summed E-state index contributed by atoms with van der Waals surface area (Å²) in [5.41, 5.74) is 7.56. The molecular formula is C33H23ClO4S2. The number of benzene rings is 4. The molecule has 6 rings (SSSR count). The summed E-state index contributed by atoms with van der Waals surface area (Å²) in [6, 6.07) is 43.2. The van der Waals surface area contributed by atoms with Gasteiger partial charge in [0.25, 0.3) is 0 Å². The molecule has 4 nitrogen and oxygen atoms in total. The number of rotatable bonds is 4. The Hall–Kier alpha value is -3.59. The minimum Gasteiger partial charge on any atom is -0.222 e. The molecule has 0 unspecified atom stereocenters. The largest absolute Gasteiger partial charge is 0.239 e. The van der Waals surface area contributed by atoms with Gasteiger partial charge in [-0.05, 0) is 58.7 Å². The van der Waals surface area contributed by atoms with Crippen molar-refractivity contribution in [2.45, 2.75) is 9.79 Å². The van der Waals surface area contributed by atoms with Gasteiger partial charge in [0.1, 0.15) is 0 Å². The van der Waals surface area contributed by atoms with Gasteiger partial charge in [-0.1, -0.05) is 103 Å². The topological polar surface area (TPSA) is 92.2 Å². The van der Waals surface area contributed by atoms with Crippen LogP contribution in [0, 0.1) is 10.2 Å². The summed E-state index contributed by atoms with van der Waals surface area (Å²) >= 11 is 3.69. The third-order valence-corrected chi connectivity index (χ3v) is 8.36. The van der Waals surface area contributed by atoms with Gasteiger partial charge in [-0.3, -0.25) is 0 Å². The Morgan fingerprint density at radius 3 is 1.48 bits per heavy atom. The van der Waals surface area contributed by atoms with Gasteiger partial charge in [-0.2, -0.15) is 0 Å². The van der Waals surface area contributed by atoms with E-state index in [-0.39, 0.29) is 0 Å². The molecule has 0 fully saturated rings. The fourth-order valence-corrected chi connectivity index (χ4v) is 6.60. The lowest BCUT2D eigenvalue weighted by atomic mass is 9.96. The molecule has 0 spiro atoms. The highest BCUT2D eigenvalue weighted by atomic mass is 35.7. The van der Waals surface area contributed by atoms with Crippen molar-refractivity contribution in [3.63, 3.8) is 0 Å². The second-order valence-corrected chi connectivity index (χ2v) is 11.7. The van der Waals surface area contributed by atoms with Gasteiger partial charge in [-0.15, -0.1) is 10.2 Å². The first-order valence-corrected chi connectivity index (χ1v) is 15.2. The predicted molar refractivity (Wildman–Crippen MR) is 153 cm³/mol. The van der Waals surface area contributed by atoms with E-state index in [0.29, 0.717) is 0 Å². The highest BCUT2D eigenvalue weighted by Crippen LogP contribution is 2.45. The zero-order valence-corrected chi connectivity index (χ0v) is 23.5. The summed E-state index contributed by atoms with van der Waals surface area (Å²) in [5.74, 6) is 0. The molecule has 1 aliphatic heterocycles. The molecule has 198 valence electrons. The van der Waals surface area contributed by atoms with Crippen molar-refractivity contribution in [3.8, 4) is 20.9 Å². The standard InChI is InChI=1S/C33H23S2.ClHO4/c1-3-13-25(14-4-1)32-22-24(23-33(35-32)26-15-5-2-6-16-26)12-11-19-27-28-17-7-9-20-30(28)34-31-21-10-8-18-29(27)31;2-1(3,4)5/h1-23H;(H,2,3,4,5)/q+1;/p-1. The van der Waals surface area contributed by atoms with Crippen LogP contribution >= 0.6 is 23.1 Å². The molecule has 4 aromatic carbocycles. The van der Waals surface area contributed by atoms with Crippen LogP contribution in [0.15, 0.2) is 143 Å². The highest BCUT2D eigenvalue weighted by Gasteiger charge is 2.20. The van der Waals surface area contributed by atoms with Crippen LogP contribution in [0.1, 0.15) is 16.7 Å². The highest BCUT2D eigenvalue weighted by molar-refractivity contribution is 7.99. The van der Waals surface area contributed by atoms with Crippen LogP contribution in [0.5, 0.6) is 0 Å². The van der Waals surface area contributed by atoms with Crippen molar-refractivity contribution in [2.75, 3.05) is 0 Å². The van der Waals surface area contributed by atoms with Crippen LogP contribution in [-0.4, -0.2) is 0 Å². The molecule has 1 aliphatic rings. The van der Waals surface area contributed by atoms with Crippen LogP contribution in [0.4, 0.5) is 0 Å². The molecule has 5 aromatic rings. The van der Waals surface area contributed by atoms with Crippen molar-refractivity contribution >= 4 is 34.7 Å². The summed E-state index contributed by atoms with van der Waals surface area (Å²) in [4.78, 5) is 5.16. The molecule has 0 N–H and O–H groups in total. The van der Waals surface area contributed by atoms with Crippen LogP contribution in [0.2, 0.25) is 0 Å². The SMILES string of the molecule is C(/C=C/c1cc(-c2ccccc2)[s+]c(-c2ccccc2)c1)=C1c2ccccc2Sc2ccccc21.[O-][Cl+3]([O-])([O-])[O-]. The molecule has 7 heteroatoms. The smallest absolute Gasteiger partial charge is 0.222 e. The summed E-state index contributed by atoms with van der Waals surface area (Å²) in [6.07, 6.45) is 6.69. The van der Waals surface area contributed by atoms with E-state index < -0.39 is 10.2 Å². The first kappa shape index (κ1) is 28.0. The first-order chi connectivity index (χ1) is 19.3. The third kappa shape index (κ3) is 7.33. The number of fused-ring (bicyclic) bond motifs is 2. The number of halogens is 1. The molecule has 0 saturated heterocycles. The Balaban J connectivity index is 0.000000595. The molecule has 40 heavy (non-hydrogen) atoms. The molecule has 0 bridgehead atoms. The molecule has 0 saturated carbocycles. The van der Waals surface area contributed by atoms with Gasteiger partial charge >= 0.3 is 0 Å². The lowest BCUT2D eigenvalue weighted by Gasteiger charge is -2.21. The maximum atomic E-state index is 8.49. The fourth-order valence-electron chi connectivity index (χ4n) is 4.36. The Bertz CT molecular complexity index is 1550. The number of allylic oxidation sites excluding steroid dienone is 2. The molecule has 0 aliphatic carbocycles. The van der Waals surface area contributed by atoms with E-state index in [1.807, 2.05) is 23.1 Å².